The smallest absolute Gasteiger partial charge is 0.337 e. The lowest BCUT2D eigenvalue weighted by Gasteiger charge is -2.21. The Hall–Kier alpha value is -1.38. The molecule has 14 heavy (non-hydrogen) atoms. The van der Waals surface area contributed by atoms with Crippen LogP contribution in [0.3, 0.4) is 0 Å². The van der Waals surface area contributed by atoms with Crippen molar-refractivity contribution >= 4 is 5.97 Å². The van der Waals surface area contributed by atoms with Gasteiger partial charge >= 0.3 is 5.97 Å². The number of aromatic nitrogens is 1. The summed E-state index contributed by atoms with van der Waals surface area (Å²) in [6, 6.07) is 1.84. The second-order valence-corrected chi connectivity index (χ2v) is 4.43. The first kappa shape index (κ1) is 10.7. The zero-order chi connectivity index (χ0) is 10.9. The van der Waals surface area contributed by atoms with Gasteiger partial charge in [-0.05, 0) is 24.0 Å². The fourth-order valence-electron chi connectivity index (χ4n) is 1.35. The second-order valence-electron chi connectivity index (χ2n) is 4.43. The largest absolute Gasteiger partial charge is 0.478 e. The number of carbonyl (C=O) groups is 1. The maximum Gasteiger partial charge on any atom is 0.337 e. The Morgan fingerprint density at radius 1 is 1.43 bits per heavy atom. The van der Waals surface area contributed by atoms with E-state index in [1.54, 1.807) is 0 Å². The predicted molar refractivity (Wildman–Crippen MR) is 54.6 cm³/mol. The van der Waals surface area contributed by atoms with Crippen molar-refractivity contribution in [1.29, 1.82) is 0 Å². The molecule has 0 bridgehead atoms. The van der Waals surface area contributed by atoms with Crippen LogP contribution in [0.25, 0.3) is 0 Å². The van der Waals surface area contributed by atoms with Crippen molar-refractivity contribution in [2.24, 2.45) is 0 Å². The summed E-state index contributed by atoms with van der Waals surface area (Å²) >= 11 is 0. The number of aryl methyl sites for hydroxylation is 1. The lowest BCUT2D eigenvalue weighted by molar-refractivity contribution is 0.0693. The fourth-order valence-corrected chi connectivity index (χ4v) is 1.35. The second kappa shape index (κ2) is 3.40. The molecule has 76 valence electrons. The number of hydrogen-bond acceptors (Lipinski definition) is 2. The van der Waals surface area contributed by atoms with Crippen LogP contribution < -0.4 is 0 Å². The average Bonchev–Trinajstić information content (AvgIpc) is 2.01. The van der Waals surface area contributed by atoms with E-state index < -0.39 is 5.97 Å². The summed E-state index contributed by atoms with van der Waals surface area (Å²) in [6.45, 7) is 7.84. The van der Waals surface area contributed by atoms with E-state index in [9.17, 15) is 4.79 Å². The van der Waals surface area contributed by atoms with Crippen molar-refractivity contribution in [3.8, 4) is 0 Å². The van der Waals surface area contributed by atoms with E-state index in [0.29, 0.717) is 5.56 Å². The van der Waals surface area contributed by atoms with Gasteiger partial charge in [-0.2, -0.15) is 0 Å². The summed E-state index contributed by atoms with van der Waals surface area (Å²) in [5.41, 5.74) is 1.81. The molecule has 0 saturated carbocycles. The van der Waals surface area contributed by atoms with Gasteiger partial charge in [0.25, 0.3) is 0 Å². The van der Waals surface area contributed by atoms with Crippen LogP contribution in [0.2, 0.25) is 0 Å². The summed E-state index contributed by atoms with van der Waals surface area (Å²) in [6.07, 6.45) is 1.43. The third-order valence-electron chi connectivity index (χ3n) is 2.08. The quantitative estimate of drug-likeness (QED) is 0.745. The van der Waals surface area contributed by atoms with Crippen molar-refractivity contribution in [2.75, 3.05) is 0 Å². The maximum absolute atomic E-state index is 10.9. The third kappa shape index (κ3) is 2.10. The zero-order valence-electron chi connectivity index (χ0n) is 8.96. The molecule has 1 aromatic rings. The molecular weight excluding hydrogens is 178 g/mol. The van der Waals surface area contributed by atoms with Gasteiger partial charge in [0.1, 0.15) is 0 Å². The predicted octanol–water partition coefficient (Wildman–Crippen LogP) is 2.39. The van der Waals surface area contributed by atoms with Gasteiger partial charge in [-0.25, -0.2) is 4.79 Å². The number of nitrogens with zero attached hydrogens (tertiary/aromatic N) is 1. The van der Waals surface area contributed by atoms with Gasteiger partial charge in [-0.15, -0.1) is 0 Å². The molecule has 0 saturated heterocycles. The highest BCUT2D eigenvalue weighted by Gasteiger charge is 2.21. The molecule has 0 aromatic carbocycles. The molecule has 0 radical (unpaired) electrons. The lowest BCUT2D eigenvalue weighted by Crippen LogP contribution is -2.17. The third-order valence-corrected chi connectivity index (χ3v) is 2.08. The van der Waals surface area contributed by atoms with E-state index in [4.69, 9.17) is 5.11 Å². The van der Waals surface area contributed by atoms with Crippen LogP contribution in [0.5, 0.6) is 0 Å². The zero-order valence-corrected chi connectivity index (χ0v) is 8.96. The van der Waals surface area contributed by atoms with Gasteiger partial charge in [0, 0.05) is 11.9 Å². The first-order valence-corrected chi connectivity index (χ1v) is 4.53. The molecule has 3 nitrogen and oxygen atoms in total. The van der Waals surface area contributed by atoms with Crippen LogP contribution in [0, 0.1) is 6.92 Å². The molecule has 0 unspecified atom stereocenters. The lowest BCUT2D eigenvalue weighted by atomic mass is 9.84. The number of carboxylic acid groups (broad SMARTS) is 1. The highest BCUT2D eigenvalue weighted by atomic mass is 16.4. The summed E-state index contributed by atoms with van der Waals surface area (Å²) in [7, 11) is 0. The van der Waals surface area contributed by atoms with Crippen LogP contribution in [0.15, 0.2) is 12.3 Å². The van der Waals surface area contributed by atoms with Gasteiger partial charge < -0.3 is 5.11 Å². The Bertz CT molecular complexity index is 364. The number of carboxylic acids is 1. The SMILES string of the molecule is Cc1cc(C(C)(C)C)c(C(=O)O)cn1. The normalized spacial score (nSPS) is 11.4. The van der Waals surface area contributed by atoms with Gasteiger partial charge in [-0.1, -0.05) is 20.8 Å². The topological polar surface area (TPSA) is 50.2 Å². The van der Waals surface area contributed by atoms with Crippen molar-refractivity contribution in [3.05, 3.63) is 29.1 Å². The van der Waals surface area contributed by atoms with Crippen molar-refractivity contribution in [1.82, 2.24) is 4.98 Å². The number of pyridine rings is 1. The van der Waals surface area contributed by atoms with Crippen LogP contribution >= 0.6 is 0 Å². The monoisotopic (exact) mass is 193 g/mol. The molecule has 1 heterocycles. The summed E-state index contributed by atoms with van der Waals surface area (Å²) < 4.78 is 0. The van der Waals surface area contributed by atoms with Crippen molar-refractivity contribution in [3.63, 3.8) is 0 Å². The average molecular weight is 193 g/mol. The van der Waals surface area contributed by atoms with E-state index in [1.165, 1.54) is 6.20 Å². The van der Waals surface area contributed by atoms with Gasteiger partial charge in [0.15, 0.2) is 0 Å². The van der Waals surface area contributed by atoms with Crippen molar-refractivity contribution < 1.29 is 9.90 Å². The molecule has 0 spiro atoms. The summed E-state index contributed by atoms with van der Waals surface area (Å²) in [5.74, 6) is -0.914. The Balaban J connectivity index is 3.38. The molecule has 1 rings (SSSR count). The Kier molecular flexibility index (Phi) is 2.60. The van der Waals surface area contributed by atoms with E-state index in [0.717, 1.165) is 11.3 Å². The van der Waals surface area contributed by atoms with Gasteiger partial charge in [0.2, 0.25) is 0 Å². The van der Waals surface area contributed by atoms with E-state index in [1.807, 2.05) is 33.8 Å². The molecule has 0 fully saturated rings. The van der Waals surface area contributed by atoms with Crippen molar-refractivity contribution in [2.45, 2.75) is 33.1 Å². The minimum absolute atomic E-state index is 0.165. The number of hydrogen-bond donors (Lipinski definition) is 1. The molecular formula is C11H15NO2. The van der Waals surface area contributed by atoms with Crippen LogP contribution in [0.1, 0.15) is 42.4 Å². The molecule has 0 aliphatic heterocycles. The maximum atomic E-state index is 10.9. The highest BCUT2D eigenvalue weighted by Crippen LogP contribution is 2.25. The molecule has 1 aromatic heterocycles. The van der Waals surface area contributed by atoms with Gasteiger partial charge in [0.05, 0.1) is 5.56 Å². The first-order valence-electron chi connectivity index (χ1n) is 4.53. The first-order chi connectivity index (χ1) is 6.32. The van der Waals surface area contributed by atoms with Crippen LogP contribution in [-0.2, 0) is 5.41 Å². The summed E-state index contributed by atoms with van der Waals surface area (Å²) in [5, 5.41) is 8.98. The summed E-state index contributed by atoms with van der Waals surface area (Å²) in [4.78, 5) is 14.9. The minimum Gasteiger partial charge on any atom is -0.478 e. The number of rotatable bonds is 1. The molecule has 0 atom stereocenters. The molecule has 3 heteroatoms. The standard InChI is InChI=1S/C11H15NO2/c1-7-5-9(11(2,3)4)8(6-12-7)10(13)14/h5-6H,1-4H3,(H,13,14). The fraction of sp³-hybridized carbons (Fsp3) is 0.455. The van der Waals surface area contributed by atoms with Gasteiger partial charge in [-0.3, -0.25) is 4.98 Å². The highest BCUT2D eigenvalue weighted by molar-refractivity contribution is 5.89. The van der Waals surface area contributed by atoms with E-state index in [-0.39, 0.29) is 5.41 Å². The molecule has 0 amide bonds. The van der Waals surface area contributed by atoms with E-state index in [2.05, 4.69) is 4.98 Å². The molecule has 0 aliphatic rings. The van der Waals surface area contributed by atoms with Crippen LogP contribution in [-0.4, -0.2) is 16.1 Å². The Morgan fingerprint density at radius 2 is 2.00 bits per heavy atom. The Labute approximate surface area is 83.8 Å². The number of aromatic carboxylic acids is 1. The van der Waals surface area contributed by atoms with Crippen LogP contribution in [0.4, 0.5) is 0 Å². The Morgan fingerprint density at radius 3 is 2.43 bits per heavy atom. The minimum atomic E-state index is -0.914. The molecule has 0 aliphatic carbocycles. The molecule has 1 N–H and O–H groups in total. The van der Waals surface area contributed by atoms with E-state index >= 15 is 0 Å².